The molecule has 2 heterocycles. The number of aromatic hydroxyl groups is 1. The van der Waals surface area contributed by atoms with Crippen LogP contribution in [0, 0.1) is 0 Å². The SMILES string of the molecule is O=Cc1sc2ccsc2c1O. The van der Waals surface area contributed by atoms with Gasteiger partial charge in [-0.15, -0.1) is 22.7 Å². The third-order valence-corrected chi connectivity index (χ3v) is 3.52. The van der Waals surface area contributed by atoms with Crippen LogP contribution >= 0.6 is 22.7 Å². The molecule has 0 amide bonds. The molecule has 0 atom stereocenters. The van der Waals surface area contributed by atoms with E-state index >= 15 is 0 Å². The smallest absolute Gasteiger partial charge is 0.163 e. The highest BCUT2D eigenvalue weighted by Crippen LogP contribution is 2.38. The van der Waals surface area contributed by atoms with Gasteiger partial charge in [0.1, 0.15) is 4.88 Å². The third-order valence-electron chi connectivity index (χ3n) is 1.40. The molecular weight excluding hydrogens is 180 g/mol. The molecule has 0 radical (unpaired) electrons. The first-order valence-electron chi connectivity index (χ1n) is 2.97. The fourth-order valence-electron chi connectivity index (χ4n) is 0.909. The van der Waals surface area contributed by atoms with Gasteiger partial charge < -0.3 is 5.11 Å². The van der Waals surface area contributed by atoms with Crippen LogP contribution in [0.4, 0.5) is 0 Å². The molecule has 4 heteroatoms. The summed E-state index contributed by atoms with van der Waals surface area (Å²) in [7, 11) is 0. The standard InChI is InChI=1S/C7H4O2S2/c8-3-5-6(9)7-4(11-5)1-2-10-7/h1-3,9H. The number of thiophene rings is 2. The van der Waals surface area contributed by atoms with E-state index < -0.39 is 0 Å². The van der Waals surface area contributed by atoms with E-state index in [1.807, 2.05) is 11.4 Å². The van der Waals surface area contributed by atoms with Crippen LogP contribution in [-0.2, 0) is 0 Å². The summed E-state index contributed by atoms with van der Waals surface area (Å²) < 4.78 is 1.80. The molecule has 2 rings (SSSR count). The Kier molecular flexibility index (Phi) is 1.44. The maximum absolute atomic E-state index is 10.3. The molecule has 0 saturated carbocycles. The van der Waals surface area contributed by atoms with Crippen LogP contribution in [0.15, 0.2) is 11.4 Å². The maximum Gasteiger partial charge on any atom is 0.163 e. The van der Waals surface area contributed by atoms with Gasteiger partial charge in [-0.2, -0.15) is 0 Å². The van der Waals surface area contributed by atoms with Crippen molar-refractivity contribution in [2.75, 3.05) is 0 Å². The first-order valence-corrected chi connectivity index (χ1v) is 4.66. The number of aldehydes is 1. The minimum Gasteiger partial charge on any atom is -0.505 e. The summed E-state index contributed by atoms with van der Waals surface area (Å²) in [5.74, 6) is 0.134. The van der Waals surface area contributed by atoms with Gasteiger partial charge in [0, 0.05) is 4.70 Å². The Morgan fingerprint density at radius 1 is 1.55 bits per heavy atom. The van der Waals surface area contributed by atoms with Crippen molar-refractivity contribution >= 4 is 38.4 Å². The number of carbonyl (C=O) groups is 1. The van der Waals surface area contributed by atoms with E-state index in [0.717, 1.165) is 9.40 Å². The van der Waals surface area contributed by atoms with E-state index in [0.29, 0.717) is 11.2 Å². The van der Waals surface area contributed by atoms with Crippen molar-refractivity contribution in [2.45, 2.75) is 0 Å². The normalized spacial score (nSPS) is 10.5. The van der Waals surface area contributed by atoms with Gasteiger partial charge in [-0.05, 0) is 11.4 Å². The summed E-state index contributed by atoms with van der Waals surface area (Å²) in [6.07, 6.45) is 0.687. The topological polar surface area (TPSA) is 37.3 Å². The monoisotopic (exact) mass is 184 g/mol. The molecule has 0 aliphatic rings. The van der Waals surface area contributed by atoms with E-state index in [1.165, 1.54) is 22.7 Å². The van der Waals surface area contributed by atoms with Crippen molar-refractivity contribution < 1.29 is 9.90 Å². The van der Waals surface area contributed by atoms with Gasteiger partial charge in [0.05, 0.1) is 4.70 Å². The number of carbonyl (C=O) groups excluding carboxylic acids is 1. The van der Waals surface area contributed by atoms with Crippen molar-refractivity contribution in [3.05, 3.63) is 16.3 Å². The van der Waals surface area contributed by atoms with E-state index in [-0.39, 0.29) is 5.75 Å². The van der Waals surface area contributed by atoms with E-state index in [2.05, 4.69) is 0 Å². The second-order valence-corrected chi connectivity index (χ2v) is 4.05. The average molecular weight is 184 g/mol. The molecule has 2 aromatic rings. The Labute approximate surface area is 70.7 Å². The van der Waals surface area contributed by atoms with Crippen LogP contribution in [0.5, 0.6) is 5.75 Å². The first-order chi connectivity index (χ1) is 5.33. The van der Waals surface area contributed by atoms with Crippen molar-refractivity contribution in [3.8, 4) is 5.75 Å². The summed E-state index contributed by atoms with van der Waals surface area (Å²) in [4.78, 5) is 10.8. The molecule has 0 spiro atoms. The largest absolute Gasteiger partial charge is 0.505 e. The molecule has 11 heavy (non-hydrogen) atoms. The quantitative estimate of drug-likeness (QED) is 0.691. The van der Waals surface area contributed by atoms with Crippen LogP contribution in [0.25, 0.3) is 9.40 Å². The molecule has 0 saturated heterocycles. The van der Waals surface area contributed by atoms with E-state index in [4.69, 9.17) is 0 Å². The Morgan fingerprint density at radius 3 is 3.00 bits per heavy atom. The molecule has 0 aliphatic carbocycles. The summed E-state index contributed by atoms with van der Waals surface area (Å²) in [6.45, 7) is 0. The summed E-state index contributed by atoms with van der Waals surface area (Å²) >= 11 is 2.77. The van der Waals surface area contributed by atoms with Gasteiger partial charge in [-0.3, -0.25) is 4.79 Å². The zero-order valence-corrected chi connectivity index (χ0v) is 7.04. The molecule has 0 aliphatic heterocycles. The van der Waals surface area contributed by atoms with Crippen LogP contribution in [0.2, 0.25) is 0 Å². The zero-order valence-electron chi connectivity index (χ0n) is 5.40. The van der Waals surface area contributed by atoms with Gasteiger partial charge in [-0.1, -0.05) is 0 Å². The molecule has 0 bridgehead atoms. The highest BCUT2D eigenvalue weighted by Gasteiger charge is 2.10. The van der Waals surface area contributed by atoms with Gasteiger partial charge >= 0.3 is 0 Å². The van der Waals surface area contributed by atoms with Crippen molar-refractivity contribution in [2.24, 2.45) is 0 Å². The number of fused-ring (bicyclic) bond motifs is 1. The van der Waals surface area contributed by atoms with Gasteiger partial charge in [0.15, 0.2) is 12.0 Å². The van der Waals surface area contributed by atoms with Crippen LogP contribution in [0.3, 0.4) is 0 Å². The summed E-state index contributed by atoms with van der Waals surface area (Å²) in [5.41, 5.74) is 0. The van der Waals surface area contributed by atoms with Crippen molar-refractivity contribution in [1.29, 1.82) is 0 Å². The molecule has 2 aromatic heterocycles. The van der Waals surface area contributed by atoms with Crippen LogP contribution in [-0.4, -0.2) is 11.4 Å². The molecule has 56 valence electrons. The molecule has 2 nitrogen and oxygen atoms in total. The van der Waals surface area contributed by atoms with Gasteiger partial charge in [0.2, 0.25) is 0 Å². The lowest BCUT2D eigenvalue weighted by molar-refractivity contribution is 0.112. The zero-order chi connectivity index (χ0) is 7.84. The van der Waals surface area contributed by atoms with Gasteiger partial charge in [0.25, 0.3) is 0 Å². The van der Waals surface area contributed by atoms with Crippen LogP contribution in [0.1, 0.15) is 9.67 Å². The predicted octanol–water partition coefficient (Wildman–Crippen LogP) is 2.48. The second kappa shape index (κ2) is 2.32. The lowest BCUT2D eigenvalue weighted by atomic mass is 10.4. The Bertz CT molecular complexity index is 399. The van der Waals surface area contributed by atoms with Gasteiger partial charge in [-0.25, -0.2) is 0 Å². The van der Waals surface area contributed by atoms with Crippen molar-refractivity contribution in [3.63, 3.8) is 0 Å². The first kappa shape index (κ1) is 6.82. The second-order valence-electron chi connectivity index (χ2n) is 2.05. The van der Waals surface area contributed by atoms with Crippen LogP contribution < -0.4 is 0 Å². The summed E-state index contributed by atoms with van der Waals surface area (Å²) in [6, 6.07) is 1.90. The maximum atomic E-state index is 10.3. The highest BCUT2D eigenvalue weighted by molar-refractivity contribution is 7.28. The number of hydrogen-bond donors (Lipinski definition) is 1. The summed E-state index contributed by atoms with van der Waals surface area (Å²) in [5, 5.41) is 11.3. The Morgan fingerprint density at radius 2 is 2.36 bits per heavy atom. The minimum absolute atomic E-state index is 0.134. The lowest BCUT2D eigenvalue weighted by Gasteiger charge is -1.82. The number of hydrogen-bond acceptors (Lipinski definition) is 4. The molecule has 0 unspecified atom stereocenters. The van der Waals surface area contributed by atoms with E-state index in [1.54, 1.807) is 0 Å². The lowest BCUT2D eigenvalue weighted by Crippen LogP contribution is -1.67. The molecule has 0 fully saturated rings. The molecular formula is C7H4O2S2. The Hall–Kier alpha value is -0.870. The highest BCUT2D eigenvalue weighted by atomic mass is 32.1. The predicted molar refractivity (Wildman–Crippen MR) is 46.8 cm³/mol. The molecule has 0 aromatic carbocycles. The minimum atomic E-state index is 0.134. The Balaban J connectivity index is 2.86. The average Bonchev–Trinajstić information content (AvgIpc) is 2.53. The van der Waals surface area contributed by atoms with Crippen molar-refractivity contribution in [1.82, 2.24) is 0 Å². The third kappa shape index (κ3) is 0.868. The number of rotatable bonds is 1. The fraction of sp³-hybridized carbons (Fsp3) is 0. The van der Waals surface area contributed by atoms with E-state index in [9.17, 15) is 9.90 Å². The fourth-order valence-corrected chi connectivity index (χ4v) is 2.88. The molecule has 1 N–H and O–H groups in total.